The minimum atomic E-state index is 0.674. The average Bonchev–Trinajstić information content (AvgIpc) is 3.06. The van der Waals surface area contributed by atoms with E-state index < -0.39 is 0 Å². The zero-order valence-electron chi connectivity index (χ0n) is 12.5. The van der Waals surface area contributed by atoms with Crippen LogP contribution in [0.25, 0.3) is 17.1 Å². The maximum Gasteiger partial charge on any atom is 0.224 e. The quantitative estimate of drug-likeness (QED) is 0.792. The summed E-state index contributed by atoms with van der Waals surface area (Å²) in [7, 11) is 3.82. The van der Waals surface area contributed by atoms with Gasteiger partial charge in [0.05, 0.1) is 22.6 Å². The molecule has 0 aromatic carbocycles. The molecule has 0 fully saturated rings. The van der Waals surface area contributed by atoms with Gasteiger partial charge in [0.2, 0.25) is 5.95 Å². The van der Waals surface area contributed by atoms with Crippen molar-refractivity contribution in [3.05, 3.63) is 36.2 Å². The first-order chi connectivity index (χ1) is 10.1. The Kier molecular flexibility index (Phi) is 3.17. The first-order valence-corrected chi connectivity index (χ1v) is 6.63. The molecule has 3 rings (SSSR count). The van der Waals surface area contributed by atoms with Gasteiger partial charge in [0.25, 0.3) is 0 Å². The highest BCUT2D eigenvalue weighted by molar-refractivity contribution is 5.58. The van der Waals surface area contributed by atoms with E-state index in [1.807, 2.05) is 43.6 Å². The third kappa shape index (κ3) is 2.26. The van der Waals surface area contributed by atoms with Crippen molar-refractivity contribution in [1.29, 1.82) is 0 Å². The van der Waals surface area contributed by atoms with E-state index in [1.165, 1.54) is 0 Å². The van der Waals surface area contributed by atoms with Crippen molar-refractivity contribution >= 4 is 5.95 Å². The second-order valence-electron chi connectivity index (χ2n) is 5.07. The van der Waals surface area contributed by atoms with Crippen molar-refractivity contribution in [2.24, 2.45) is 0 Å². The Bertz CT molecular complexity index is 732. The molecule has 0 atom stereocenters. The lowest BCUT2D eigenvalue weighted by Gasteiger charge is -2.11. The lowest BCUT2D eigenvalue weighted by molar-refractivity contribution is 0.986. The Morgan fingerprint density at radius 2 is 1.81 bits per heavy atom. The molecule has 1 N–H and O–H groups in total. The number of anilines is 1. The third-order valence-electron chi connectivity index (χ3n) is 3.27. The van der Waals surface area contributed by atoms with Gasteiger partial charge in [-0.15, -0.1) is 0 Å². The van der Waals surface area contributed by atoms with Crippen molar-refractivity contribution in [2.75, 3.05) is 19.0 Å². The summed E-state index contributed by atoms with van der Waals surface area (Å²) in [4.78, 5) is 15.0. The first-order valence-electron chi connectivity index (χ1n) is 6.63. The summed E-state index contributed by atoms with van der Waals surface area (Å²) in [5.41, 5.74) is 3.81. The fourth-order valence-electron chi connectivity index (χ4n) is 2.27. The molecule has 0 saturated carbocycles. The van der Waals surface area contributed by atoms with Crippen LogP contribution in [0.15, 0.2) is 24.8 Å². The molecule has 0 unspecified atom stereocenters. The van der Waals surface area contributed by atoms with Gasteiger partial charge in [0.15, 0.2) is 0 Å². The smallest absolute Gasteiger partial charge is 0.224 e. The fraction of sp³-hybridized carbons (Fsp3) is 0.286. The predicted octanol–water partition coefficient (Wildman–Crippen LogP) is 1.74. The van der Waals surface area contributed by atoms with Gasteiger partial charge in [-0.2, -0.15) is 5.10 Å². The van der Waals surface area contributed by atoms with Crippen LogP contribution in [0.1, 0.15) is 11.4 Å². The number of rotatable bonds is 3. The molecule has 0 saturated heterocycles. The molecule has 0 aliphatic carbocycles. The largest absolute Gasteiger partial charge is 0.347 e. The zero-order chi connectivity index (χ0) is 15.0. The molecule has 0 aliphatic heterocycles. The number of nitrogens with one attached hydrogen (secondary N) is 1. The Morgan fingerprint density at radius 3 is 2.38 bits per heavy atom. The monoisotopic (exact) mass is 283 g/mol. The van der Waals surface area contributed by atoms with E-state index in [0.717, 1.165) is 28.5 Å². The summed E-state index contributed by atoms with van der Waals surface area (Å²) >= 11 is 0. The zero-order valence-corrected chi connectivity index (χ0v) is 12.5. The van der Waals surface area contributed by atoms with E-state index >= 15 is 0 Å². The third-order valence-corrected chi connectivity index (χ3v) is 3.27. The summed E-state index contributed by atoms with van der Waals surface area (Å²) in [6, 6.07) is 0. The van der Waals surface area contributed by atoms with Gasteiger partial charge in [0.1, 0.15) is 5.82 Å². The molecule has 3 aromatic rings. The summed E-state index contributed by atoms with van der Waals surface area (Å²) < 4.78 is 2.00. The van der Waals surface area contributed by atoms with Gasteiger partial charge in [-0.05, 0) is 13.8 Å². The lowest BCUT2D eigenvalue weighted by Crippen LogP contribution is -2.12. The first kappa shape index (κ1) is 13.3. The van der Waals surface area contributed by atoms with E-state index in [9.17, 15) is 0 Å². The van der Waals surface area contributed by atoms with Gasteiger partial charge in [-0.3, -0.25) is 9.67 Å². The summed E-state index contributed by atoms with van der Waals surface area (Å²) in [5.74, 6) is 1.47. The maximum absolute atomic E-state index is 4.43. The van der Waals surface area contributed by atoms with Crippen molar-refractivity contribution in [2.45, 2.75) is 13.8 Å². The summed E-state index contributed by atoms with van der Waals surface area (Å²) in [6.07, 6.45) is 7.25. The van der Waals surface area contributed by atoms with Crippen molar-refractivity contribution < 1.29 is 0 Å². The lowest BCUT2D eigenvalue weighted by atomic mass is 10.2. The van der Waals surface area contributed by atoms with Gasteiger partial charge < -0.3 is 4.90 Å². The molecule has 21 heavy (non-hydrogen) atoms. The molecule has 0 aliphatic rings. The van der Waals surface area contributed by atoms with Crippen LogP contribution in [0.3, 0.4) is 0 Å². The Labute approximate surface area is 122 Å². The van der Waals surface area contributed by atoms with Crippen LogP contribution in [0.5, 0.6) is 0 Å². The minimum absolute atomic E-state index is 0.674. The number of nitrogens with zero attached hydrogens (tertiary/aromatic N) is 6. The van der Waals surface area contributed by atoms with Crippen LogP contribution < -0.4 is 4.90 Å². The molecule has 0 bridgehead atoms. The van der Waals surface area contributed by atoms with Crippen molar-refractivity contribution in [3.63, 3.8) is 0 Å². The SMILES string of the molecule is Cc1n[nH]c(C)c1-n1ccnc1-c1cnc(N(C)C)nc1. The fourth-order valence-corrected chi connectivity index (χ4v) is 2.27. The van der Waals surface area contributed by atoms with Crippen LogP contribution >= 0.6 is 0 Å². The standard InChI is InChI=1S/C14H17N7/c1-9-12(10(2)19-18-9)21-6-5-15-13(21)11-7-16-14(17-8-11)20(3)4/h5-8H,1-4H3,(H,18,19). The molecule has 3 aromatic heterocycles. The molecular weight excluding hydrogens is 266 g/mol. The van der Waals surface area contributed by atoms with Gasteiger partial charge in [0, 0.05) is 38.9 Å². The maximum atomic E-state index is 4.43. The van der Waals surface area contributed by atoms with Gasteiger partial charge in [-0.1, -0.05) is 0 Å². The van der Waals surface area contributed by atoms with Crippen molar-refractivity contribution in [1.82, 2.24) is 29.7 Å². The van der Waals surface area contributed by atoms with E-state index in [2.05, 4.69) is 25.1 Å². The minimum Gasteiger partial charge on any atom is -0.347 e. The highest BCUT2D eigenvalue weighted by Gasteiger charge is 2.14. The average molecular weight is 283 g/mol. The molecule has 0 radical (unpaired) electrons. The summed E-state index contributed by atoms with van der Waals surface area (Å²) in [5, 5.41) is 7.22. The molecular formula is C14H17N7. The Morgan fingerprint density at radius 1 is 1.10 bits per heavy atom. The van der Waals surface area contributed by atoms with E-state index in [1.54, 1.807) is 18.6 Å². The molecule has 108 valence electrons. The van der Waals surface area contributed by atoms with Crippen LogP contribution in [-0.4, -0.2) is 43.8 Å². The number of aromatic amines is 1. The van der Waals surface area contributed by atoms with E-state index in [-0.39, 0.29) is 0 Å². The van der Waals surface area contributed by atoms with Gasteiger partial charge >= 0.3 is 0 Å². The molecule has 7 nitrogen and oxygen atoms in total. The highest BCUT2D eigenvalue weighted by atomic mass is 15.2. The number of hydrogen-bond acceptors (Lipinski definition) is 5. The van der Waals surface area contributed by atoms with E-state index in [0.29, 0.717) is 5.95 Å². The van der Waals surface area contributed by atoms with E-state index in [4.69, 9.17) is 0 Å². The number of hydrogen-bond donors (Lipinski definition) is 1. The molecule has 0 amide bonds. The number of aryl methyl sites for hydroxylation is 2. The molecule has 0 spiro atoms. The number of aromatic nitrogens is 6. The summed E-state index contributed by atoms with van der Waals surface area (Å²) in [6.45, 7) is 3.96. The molecule has 7 heteroatoms. The second kappa shape index (κ2) is 5.01. The van der Waals surface area contributed by atoms with Gasteiger partial charge in [-0.25, -0.2) is 15.0 Å². The van der Waals surface area contributed by atoms with Crippen LogP contribution in [0, 0.1) is 13.8 Å². The highest BCUT2D eigenvalue weighted by Crippen LogP contribution is 2.24. The van der Waals surface area contributed by atoms with Crippen LogP contribution in [0.2, 0.25) is 0 Å². The normalized spacial score (nSPS) is 10.9. The topological polar surface area (TPSA) is 75.5 Å². The predicted molar refractivity (Wildman–Crippen MR) is 80.5 cm³/mol. The second-order valence-corrected chi connectivity index (χ2v) is 5.07. The Hall–Kier alpha value is -2.70. The number of H-pyrrole nitrogens is 1. The van der Waals surface area contributed by atoms with Crippen LogP contribution in [0.4, 0.5) is 5.95 Å². The molecule has 3 heterocycles. The van der Waals surface area contributed by atoms with Crippen molar-refractivity contribution in [3.8, 4) is 17.1 Å². The Balaban J connectivity index is 2.07. The number of imidazole rings is 1. The van der Waals surface area contributed by atoms with Crippen LogP contribution in [-0.2, 0) is 0 Å².